The van der Waals surface area contributed by atoms with Crippen LogP contribution in [-0.4, -0.2) is 19.1 Å². The van der Waals surface area contributed by atoms with Gasteiger partial charge in [0.25, 0.3) is 0 Å². The van der Waals surface area contributed by atoms with Crippen LogP contribution in [0.5, 0.6) is 0 Å². The summed E-state index contributed by atoms with van der Waals surface area (Å²) in [7, 11) is 0. The number of rotatable bonds is 7. The van der Waals surface area contributed by atoms with Gasteiger partial charge in [0.2, 0.25) is 0 Å². The van der Waals surface area contributed by atoms with Gasteiger partial charge in [-0.05, 0) is 12.6 Å². The molecule has 0 spiro atoms. The Morgan fingerprint density at radius 3 is 1.88 bits per heavy atom. The highest BCUT2D eigenvalue weighted by Gasteiger charge is 2.42. The lowest BCUT2D eigenvalue weighted by molar-refractivity contribution is -0.190. The number of carbonyl (C=O) groups excluding carboxylic acids is 1. The van der Waals surface area contributed by atoms with Crippen molar-refractivity contribution in [1.29, 1.82) is 0 Å². The van der Waals surface area contributed by atoms with Crippen molar-refractivity contribution < 1.29 is 22.6 Å². The van der Waals surface area contributed by atoms with Gasteiger partial charge in [-0.2, -0.15) is 13.2 Å². The van der Waals surface area contributed by atoms with Crippen LogP contribution in [0.15, 0.2) is 0 Å². The Morgan fingerprint density at radius 1 is 1.12 bits per heavy atom. The summed E-state index contributed by atoms with van der Waals surface area (Å²) < 4.78 is 40.4. The molecular weight excluding hydrogens is 220 g/mol. The summed E-state index contributed by atoms with van der Waals surface area (Å²) in [5.74, 6) is -2.07. The largest absolute Gasteiger partial charge is 0.530 e. The number of hydrogen-bond acceptors (Lipinski definition) is 2. The molecule has 0 aliphatic heterocycles. The van der Waals surface area contributed by atoms with Crippen LogP contribution in [0.1, 0.15) is 39.5 Å². The van der Waals surface area contributed by atoms with Crippen LogP contribution in [0.25, 0.3) is 0 Å². The van der Waals surface area contributed by atoms with E-state index >= 15 is 0 Å². The molecule has 0 saturated heterocycles. The van der Waals surface area contributed by atoms with Crippen molar-refractivity contribution in [2.75, 3.05) is 0 Å². The van der Waals surface area contributed by atoms with Gasteiger partial charge in [-0.15, -0.1) is 0 Å². The van der Waals surface area contributed by atoms with Crippen LogP contribution < -0.4 is 0 Å². The first kappa shape index (κ1) is 15.3. The van der Waals surface area contributed by atoms with Crippen LogP contribution in [0.2, 0.25) is 12.6 Å². The zero-order valence-electron chi connectivity index (χ0n) is 9.77. The lowest BCUT2D eigenvalue weighted by atomic mass is 9.59. The molecule has 0 heterocycles. The molecule has 0 aromatic rings. The molecule has 0 aromatic carbocycles. The summed E-state index contributed by atoms with van der Waals surface area (Å²) in [4.78, 5) is 10.7. The monoisotopic (exact) mass is 238 g/mol. The standard InChI is InChI=1S/C10H18BF3O2/c1-3-5-7-11(8-6-4-2)16-9(15)10(12,13)14/h3-8H2,1-2H3. The molecule has 94 valence electrons. The van der Waals surface area contributed by atoms with E-state index < -0.39 is 19.1 Å². The summed E-state index contributed by atoms with van der Waals surface area (Å²) in [6.45, 7) is 3.30. The summed E-state index contributed by atoms with van der Waals surface area (Å²) in [6.07, 6.45) is -0.537. The van der Waals surface area contributed by atoms with E-state index in [1.807, 2.05) is 13.8 Å². The highest BCUT2D eigenvalue weighted by atomic mass is 19.4. The topological polar surface area (TPSA) is 26.3 Å². The molecule has 6 heteroatoms. The molecule has 0 aromatic heterocycles. The third-order valence-corrected chi connectivity index (χ3v) is 2.26. The molecule has 0 rings (SSSR count). The number of carbonyl (C=O) groups is 1. The van der Waals surface area contributed by atoms with Crippen molar-refractivity contribution in [3.63, 3.8) is 0 Å². The Hall–Kier alpha value is -0.675. The normalized spacial score (nSPS) is 11.3. The minimum atomic E-state index is -4.88. The molecule has 0 aliphatic carbocycles. The Balaban J connectivity index is 4.13. The molecule has 0 unspecified atom stereocenters. The second-order valence-corrected chi connectivity index (χ2v) is 3.81. The maximum atomic E-state index is 12.0. The number of unbranched alkanes of at least 4 members (excludes halogenated alkanes) is 2. The van der Waals surface area contributed by atoms with Crippen molar-refractivity contribution in [2.45, 2.75) is 58.3 Å². The van der Waals surface area contributed by atoms with E-state index in [0.29, 0.717) is 12.6 Å². The lowest BCUT2D eigenvalue weighted by Gasteiger charge is -2.15. The second kappa shape index (κ2) is 7.57. The van der Waals surface area contributed by atoms with E-state index in [2.05, 4.69) is 4.65 Å². The quantitative estimate of drug-likeness (QED) is 0.632. The van der Waals surface area contributed by atoms with Crippen LogP contribution in [-0.2, 0) is 9.45 Å². The highest BCUT2D eigenvalue weighted by Crippen LogP contribution is 2.20. The smallest absolute Gasteiger partial charge is 0.489 e. The van der Waals surface area contributed by atoms with Crippen LogP contribution in [0, 0.1) is 0 Å². The molecule has 0 N–H and O–H groups in total. The summed E-state index contributed by atoms with van der Waals surface area (Å²) >= 11 is 0. The third kappa shape index (κ3) is 6.74. The van der Waals surface area contributed by atoms with Gasteiger partial charge in [-0.25, -0.2) is 4.79 Å². The maximum Gasteiger partial charge on any atom is 0.489 e. The van der Waals surface area contributed by atoms with Crippen molar-refractivity contribution in [2.24, 2.45) is 0 Å². The van der Waals surface area contributed by atoms with E-state index in [1.54, 1.807) is 0 Å². The van der Waals surface area contributed by atoms with Crippen LogP contribution in [0.3, 0.4) is 0 Å². The summed E-state index contributed by atoms with van der Waals surface area (Å²) in [5.41, 5.74) is 0. The summed E-state index contributed by atoms with van der Waals surface area (Å²) in [6, 6.07) is 0. The molecule has 0 fully saturated rings. The van der Waals surface area contributed by atoms with Gasteiger partial charge in [0.1, 0.15) is 0 Å². The molecule has 0 amide bonds. The molecular formula is C10H18BF3O2. The van der Waals surface area contributed by atoms with Gasteiger partial charge >= 0.3 is 19.1 Å². The third-order valence-electron chi connectivity index (χ3n) is 2.26. The van der Waals surface area contributed by atoms with E-state index in [-0.39, 0.29) is 0 Å². The Kier molecular flexibility index (Phi) is 7.25. The molecule has 0 bridgehead atoms. The van der Waals surface area contributed by atoms with Crippen molar-refractivity contribution in [3.05, 3.63) is 0 Å². The van der Waals surface area contributed by atoms with Gasteiger partial charge in [0.05, 0.1) is 0 Å². The van der Waals surface area contributed by atoms with Crippen molar-refractivity contribution in [1.82, 2.24) is 0 Å². The Morgan fingerprint density at radius 2 is 1.56 bits per heavy atom. The zero-order valence-corrected chi connectivity index (χ0v) is 9.77. The molecule has 2 nitrogen and oxygen atoms in total. The minimum absolute atomic E-state index is 0.512. The molecule has 0 saturated carbocycles. The Bertz CT molecular complexity index is 199. The average molecular weight is 238 g/mol. The fourth-order valence-electron chi connectivity index (χ4n) is 1.34. The van der Waals surface area contributed by atoms with Crippen LogP contribution in [0.4, 0.5) is 13.2 Å². The maximum absolute atomic E-state index is 12.0. The first-order valence-electron chi connectivity index (χ1n) is 5.69. The van der Waals surface area contributed by atoms with E-state index in [0.717, 1.165) is 25.7 Å². The van der Waals surface area contributed by atoms with Gasteiger partial charge in [0, 0.05) is 0 Å². The van der Waals surface area contributed by atoms with E-state index in [9.17, 15) is 18.0 Å². The fraction of sp³-hybridized carbons (Fsp3) is 0.900. The molecule has 0 aliphatic rings. The molecule has 0 atom stereocenters. The average Bonchev–Trinajstić information content (AvgIpc) is 2.20. The second-order valence-electron chi connectivity index (χ2n) is 3.81. The van der Waals surface area contributed by atoms with E-state index in [4.69, 9.17) is 0 Å². The minimum Gasteiger partial charge on any atom is -0.530 e. The van der Waals surface area contributed by atoms with Gasteiger partial charge in [-0.3, -0.25) is 0 Å². The van der Waals surface area contributed by atoms with Gasteiger partial charge in [-0.1, -0.05) is 39.5 Å². The van der Waals surface area contributed by atoms with E-state index in [1.165, 1.54) is 0 Å². The molecule has 16 heavy (non-hydrogen) atoms. The summed E-state index contributed by atoms with van der Waals surface area (Å²) in [5, 5.41) is 0. The number of hydrogen-bond donors (Lipinski definition) is 0. The molecule has 0 radical (unpaired) electrons. The predicted molar refractivity (Wildman–Crippen MR) is 57.3 cm³/mol. The SMILES string of the molecule is CCCCB(CCCC)OC(=O)C(F)(F)F. The lowest BCUT2D eigenvalue weighted by Crippen LogP contribution is -2.32. The van der Waals surface area contributed by atoms with Gasteiger partial charge < -0.3 is 4.65 Å². The zero-order chi connectivity index (χ0) is 12.6. The number of alkyl halides is 3. The first-order valence-corrected chi connectivity index (χ1v) is 5.69. The van der Waals surface area contributed by atoms with Crippen LogP contribution >= 0.6 is 0 Å². The first-order chi connectivity index (χ1) is 7.41. The van der Waals surface area contributed by atoms with Gasteiger partial charge in [0.15, 0.2) is 0 Å². The fourth-order valence-corrected chi connectivity index (χ4v) is 1.34. The number of halogens is 3. The van der Waals surface area contributed by atoms with Crippen molar-refractivity contribution in [3.8, 4) is 0 Å². The predicted octanol–water partition coefficient (Wildman–Crippen LogP) is 3.68. The van der Waals surface area contributed by atoms with Crippen molar-refractivity contribution >= 4 is 12.9 Å². The highest BCUT2D eigenvalue weighted by molar-refractivity contribution is 6.53. The Labute approximate surface area is 94.7 Å².